The lowest BCUT2D eigenvalue weighted by atomic mass is 9.72. The van der Waals surface area contributed by atoms with E-state index in [-0.39, 0.29) is 38.8 Å². The first-order valence-electron chi connectivity index (χ1n) is 23.0. The van der Waals surface area contributed by atoms with Gasteiger partial charge in [-0.2, -0.15) is 0 Å². The smallest absolute Gasteiger partial charge is 0.220 e. The predicted octanol–water partition coefficient (Wildman–Crippen LogP) is 9.56. The molecule has 6 rings (SSSR count). The highest BCUT2D eigenvalue weighted by Crippen LogP contribution is 2.53. The third-order valence-electron chi connectivity index (χ3n) is 16.6. The van der Waals surface area contributed by atoms with Crippen molar-refractivity contribution in [2.24, 2.45) is 0 Å². The lowest BCUT2D eigenvalue weighted by Gasteiger charge is -2.40. The topological polar surface area (TPSA) is 105 Å². The molecule has 58 heavy (non-hydrogen) atoms. The molecule has 328 valence electrons. The second kappa shape index (κ2) is 15.0. The molecule has 0 aliphatic carbocycles. The number of likely N-dealkylation sites (tertiary alicyclic amines) is 1. The third kappa shape index (κ3) is 8.45. The summed E-state index contributed by atoms with van der Waals surface area (Å²) in [5, 5.41) is 45.9. The molecular weight excluding hydrogens is 721 g/mol. The van der Waals surface area contributed by atoms with E-state index >= 15 is 0 Å². The summed E-state index contributed by atoms with van der Waals surface area (Å²) in [4.78, 5) is 2.33. The van der Waals surface area contributed by atoms with Crippen LogP contribution >= 0.6 is 0 Å². The molecular formula is C50H88N4O4+4. The Bertz CT molecular complexity index is 1780. The van der Waals surface area contributed by atoms with Crippen LogP contribution in [0, 0.1) is 0 Å². The summed E-state index contributed by atoms with van der Waals surface area (Å²) in [6.07, 6.45) is 11.7. The van der Waals surface area contributed by atoms with Crippen LogP contribution in [0.5, 0.6) is 0 Å². The van der Waals surface area contributed by atoms with Crippen LogP contribution in [0.15, 0.2) is 24.3 Å². The van der Waals surface area contributed by atoms with Crippen LogP contribution in [0.4, 0.5) is 0 Å². The first-order chi connectivity index (χ1) is 26.3. The first kappa shape index (κ1) is 45.9. The van der Waals surface area contributed by atoms with E-state index in [2.05, 4.69) is 140 Å². The second-order valence-electron chi connectivity index (χ2n) is 24.6. The molecule has 8 heteroatoms. The summed E-state index contributed by atoms with van der Waals surface area (Å²) in [6, 6.07) is 10.2. The Hall–Kier alpha value is -1.62. The van der Waals surface area contributed by atoms with Crippen LogP contribution in [-0.4, -0.2) is 92.4 Å². The highest BCUT2D eigenvalue weighted by Gasteiger charge is 2.51. The van der Waals surface area contributed by atoms with Crippen molar-refractivity contribution in [2.45, 2.75) is 249 Å². The van der Waals surface area contributed by atoms with Crippen molar-refractivity contribution >= 4 is 10.8 Å². The Balaban J connectivity index is 1.64. The van der Waals surface area contributed by atoms with E-state index in [1.807, 2.05) is 15.2 Å². The fourth-order valence-corrected chi connectivity index (χ4v) is 12.9. The Morgan fingerprint density at radius 1 is 0.448 bits per heavy atom. The summed E-state index contributed by atoms with van der Waals surface area (Å²) >= 11 is 0. The molecule has 0 saturated carbocycles. The SMILES string of the molecule is CN1C(C)(C)CC(c2c(C3CCC(C)(C)N([OH2+])C(C)(C)C3)ccc3cc(C4CCC(C)(C)N([OH2+])C(C)(C)C4)c(C4CCC(C)(C)N([OH2+])C(C)(C)C4)cc23)CCC1(C)[OH2+]. The Morgan fingerprint density at radius 2 is 0.810 bits per heavy atom. The monoisotopic (exact) mass is 809 g/mol. The molecule has 4 aliphatic rings. The molecule has 4 heterocycles. The van der Waals surface area contributed by atoms with Gasteiger partial charge in [0.1, 0.15) is 0 Å². The van der Waals surface area contributed by atoms with Gasteiger partial charge >= 0.3 is 0 Å². The maximum atomic E-state index is 9.51. The van der Waals surface area contributed by atoms with Gasteiger partial charge in [-0.3, -0.25) is 0 Å². The van der Waals surface area contributed by atoms with Crippen molar-refractivity contribution in [1.29, 1.82) is 0 Å². The summed E-state index contributed by atoms with van der Waals surface area (Å²) in [7, 11) is 2.17. The fraction of sp³-hybridized carbons (Fsp3) is 0.800. The van der Waals surface area contributed by atoms with Crippen LogP contribution < -0.4 is 0 Å². The Kier molecular flexibility index (Phi) is 11.9. The molecule has 8 nitrogen and oxygen atoms in total. The molecule has 5 atom stereocenters. The van der Waals surface area contributed by atoms with E-state index < -0.39 is 5.72 Å². The Labute approximate surface area is 353 Å². The normalized spacial score (nSPS) is 34.5. The van der Waals surface area contributed by atoms with E-state index in [1.165, 1.54) is 33.0 Å². The number of fused-ring (bicyclic) bond motifs is 1. The van der Waals surface area contributed by atoms with Gasteiger partial charge in [-0.1, -0.05) is 39.5 Å². The van der Waals surface area contributed by atoms with E-state index in [1.54, 1.807) is 0 Å². The molecule has 0 radical (unpaired) electrons. The van der Waals surface area contributed by atoms with E-state index in [0.29, 0.717) is 23.7 Å². The zero-order chi connectivity index (χ0) is 43.4. The van der Waals surface area contributed by atoms with Gasteiger partial charge in [-0.05, 0) is 231 Å². The highest BCUT2D eigenvalue weighted by atomic mass is 16.5. The molecule has 4 saturated heterocycles. The summed E-state index contributed by atoms with van der Waals surface area (Å²) in [6.45, 7) is 34.0. The lowest BCUT2D eigenvalue weighted by Crippen LogP contribution is -2.53. The van der Waals surface area contributed by atoms with E-state index in [9.17, 15) is 20.7 Å². The molecule has 0 bridgehead atoms. The van der Waals surface area contributed by atoms with Gasteiger partial charge in [-0.15, -0.1) is 0 Å². The minimum Gasteiger partial charge on any atom is -0.429 e. The van der Waals surface area contributed by atoms with Gasteiger partial charge in [0.05, 0.1) is 33.2 Å². The van der Waals surface area contributed by atoms with Crippen LogP contribution in [0.25, 0.3) is 10.8 Å². The van der Waals surface area contributed by atoms with E-state index in [0.717, 1.165) is 77.0 Å². The minimum absolute atomic E-state index is 0.155. The fourth-order valence-electron chi connectivity index (χ4n) is 12.9. The van der Waals surface area contributed by atoms with Crippen LogP contribution in [0.2, 0.25) is 0 Å². The van der Waals surface area contributed by atoms with Gasteiger partial charge in [0.25, 0.3) is 0 Å². The van der Waals surface area contributed by atoms with Crippen molar-refractivity contribution in [3.05, 3.63) is 46.5 Å². The predicted molar refractivity (Wildman–Crippen MR) is 245 cm³/mol. The van der Waals surface area contributed by atoms with Crippen LogP contribution in [0.3, 0.4) is 0 Å². The van der Waals surface area contributed by atoms with Gasteiger partial charge in [0.2, 0.25) is 5.72 Å². The zero-order valence-corrected chi connectivity index (χ0v) is 39.9. The van der Waals surface area contributed by atoms with Crippen LogP contribution in [-0.2, 0) is 0 Å². The maximum absolute atomic E-state index is 9.51. The molecule has 0 spiro atoms. The number of benzene rings is 2. The van der Waals surface area contributed by atoms with Gasteiger partial charge in [0.15, 0.2) is 0 Å². The third-order valence-corrected chi connectivity index (χ3v) is 16.6. The molecule has 4 aliphatic heterocycles. The number of hydroxylamine groups is 6. The minimum atomic E-state index is -0.645. The summed E-state index contributed by atoms with van der Waals surface area (Å²) < 4.78 is 0. The molecule has 2 aromatic carbocycles. The van der Waals surface area contributed by atoms with Gasteiger partial charge in [-0.25, -0.2) is 4.90 Å². The van der Waals surface area contributed by atoms with Crippen molar-refractivity contribution in [3.63, 3.8) is 0 Å². The van der Waals surface area contributed by atoms with Crippen molar-refractivity contribution in [2.75, 3.05) is 7.05 Å². The average molecular weight is 809 g/mol. The standard InChI is InChI=1S/C50H84N4O4/c1-43(2)23-19-34(29-47(9,10)52(43)56)38-18-17-33-27-39(35-20-24-44(3,4)53(57)48(11,12)30-35)40(36-21-25-45(5,6)54(58)49(13,14)31-36)28-41(33)42(38)37-22-26-50(15,55)51(16)46(7,8)32-37/h17-18,27-28,34-37,55-58H,19-26,29-32H2,1-16H3/p+4. The highest BCUT2D eigenvalue weighted by molar-refractivity contribution is 5.89. The second-order valence-corrected chi connectivity index (χ2v) is 24.6. The summed E-state index contributed by atoms with van der Waals surface area (Å²) in [5.41, 5.74) is 3.66. The average Bonchev–Trinajstić information content (AvgIpc) is 3.34. The first-order valence-corrected chi connectivity index (χ1v) is 23.0. The lowest BCUT2D eigenvalue weighted by molar-refractivity contribution is -0.221. The van der Waals surface area contributed by atoms with Crippen molar-refractivity contribution < 1.29 is 20.7 Å². The molecule has 0 aromatic heterocycles. The molecule has 4 fully saturated rings. The number of hydrogen-bond acceptors (Lipinski definition) is 4. The zero-order valence-electron chi connectivity index (χ0n) is 39.9. The maximum Gasteiger partial charge on any atom is 0.220 e. The largest absolute Gasteiger partial charge is 0.429 e. The van der Waals surface area contributed by atoms with Crippen molar-refractivity contribution in [1.82, 2.24) is 20.1 Å². The Morgan fingerprint density at radius 3 is 1.24 bits per heavy atom. The van der Waals surface area contributed by atoms with Crippen LogP contribution in [0.1, 0.15) is 227 Å². The van der Waals surface area contributed by atoms with Crippen molar-refractivity contribution in [3.8, 4) is 0 Å². The quantitative estimate of drug-likeness (QED) is 0.287. The number of rotatable bonds is 4. The summed E-state index contributed by atoms with van der Waals surface area (Å²) in [5.74, 6) is 1.29. The number of hydrogen-bond donors (Lipinski definition) is 0. The van der Waals surface area contributed by atoms with Gasteiger partial charge < -0.3 is 20.7 Å². The van der Waals surface area contributed by atoms with Gasteiger partial charge in [0, 0.05) is 18.9 Å². The molecule has 5 unspecified atom stereocenters. The molecule has 2 aromatic rings. The number of nitrogens with zero attached hydrogens (tertiary/aromatic N) is 4. The van der Waals surface area contributed by atoms with E-state index in [4.69, 9.17) is 0 Å². The molecule has 0 amide bonds. The molecule has 8 N–H and O–H groups in total.